The smallest absolute Gasteiger partial charge is 0.234 e. The quantitative estimate of drug-likeness (QED) is 0.891. The number of furan rings is 1. The predicted molar refractivity (Wildman–Crippen MR) is 95.8 cm³/mol. The highest BCUT2D eigenvalue weighted by atomic mass is 35.5. The average molecular weight is 347 g/mol. The van der Waals surface area contributed by atoms with Crippen molar-refractivity contribution in [2.24, 2.45) is 5.92 Å². The molecule has 3 rings (SSSR count). The van der Waals surface area contributed by atoms with E-state index in [0.29, 0.717) is 24.0 Å². The lowest BCUT2D eigenvalue weighted by molar-refractivity contribution is -0.122. The summed E-state index contributed by atoms with van der Waals surface area (Å²) in [5.41, 5.74) is 0.972. The maximum absolute atomic E-state index is 12.1. The molecule has 2 heterocycles. The number of benzene rings is 1. The van der Waals surface area contributed by atoms with Gasteiger partial charge in [0, 0.05) is 17.1 Å². The van der Waals surface area contributed by atoms with Crippen molar-refractivity contribution in [1.29, 1.82) is 0 Å². The summed E-state index contributed by atoms with van der Waals surface area (Å²) < 4.78 is 5.80. The molecule has 0 saturated carbocycles. The predicted octanol–water partition coefficient (Wildman–Crippen LogP) is 3.95. The van der Waals surface area contributed by atoms with Gasteiger partial charge in [0.15, 0.2) is 0 Å². The lowest BCUT2D eigenvalue weighted by Crippen LogP contribution is -2.41. The molecule has 1 N–H and O–H groups in total. The molecule has 1 amide bonds. The van der Waals surface area contributed by atoms with E-state index in [1.807, 2.05) is 36.4 Å². The van der Waals surface area contributed by atoms with E-state index < -0.39 is 0 Å². The molecule has 1 atom stereocenters. The first-order valence-corrected chi connectivity index (χ1v) is 8.81. The van der Waals surface area contributed by atoms with E-state index in [9.17, 15) is 4.79 Å². The van der Waals surface area contributed by atoms with E-state index >= 15 is 0 Å². The SMILES string of the molecule is C[C@@H]1CCCN(CC(=O)NCc2ccc(-c3ccc(Cl)cc3)o2)C1. The Kier molecular flexibility index (Phi) is 5.59. The van der Waals surface area contributed by atoms with Crippen molar-refractivity contribution in [2.45, 2.75) is 26.3 Å². The normalized spacial score (nSPS) is 18.5. The lowest BCUT2D eigenvalue weighted by atomic mass is 10.0. The summed E-state index contributed by atoms with van der Waals surface area (Å²) in [5, 5.41) is 3.64. The van der Waals surface area contributed by atoms with Crippen LogP contribution in [0.1, 0.15) is 25.5 Å². The van der Waals surface area contributed by atoms with Crippen LogP contribution in [0.3, 0.4) is 0 Å². The van der Waals surface area contributed by atoms with Crippen molar-refractivity contribution in [3.8, 4) is 11.3 Å². The number of amides is 1. The van der Waals surface area contributed by atoms with E-state index in [1.165, 1.54) is 12.8 Å². The first-order chi connectivity index (χ1) is 11.6. The average Bonchev–Trinajstić information content (AvgIpc) is 3.03. The zero-order valence-corrected chi connectivity index (χ0v) is 14.7. The number of rotatable bonds is 5. The van der Waals surface area contributed by atoms with Gasteiger partial charge in [0.2, 0.25) is 5.91 Å². The third-order valence-corrected chi connectivity index (χ3v) is 4.61. The third kappa shape index (κ3) is 4.62. The van der Waals surface area contributed by atoms with Crippen molar-refractivity contribution >= 4 is 17.5 Å². The molecule has 0 bridgehead atoms. The summed E-state index contributed by atoms with van der Waals surface area (Å²) in [4.78, 5) is 14.3. The van der Waals surface area contributed by atoms with Gasteiger partial charge >= 0.3 is 0 Å². The van der Waals surface area contributed by atoms with Crippen molar-refractivity contribution < 1.29 is 9.21 Å². The standard InChI is InChI=1S/C19H23ClN2O2/c1-14-3-2-10-22(12-14)13-19(23)21-11-17-8-9-18(24-17)15-4-6-16(20)7-5-15/h4-9,14H,2-3,10-13H2,1H3,(H,21,23)/t14-/m1/s1. The second kappa shape index (κ2) is 7.86. The van der Waals surface area contributed by atoms with E-state index in [4.69, 9.17) is 16.0 Å². The van der Waals surface area contributed by atoms with Crippen LogP contribution in [0.5, 0.6) is 0 Å². The monoisotopic (exact) mass is 346 g/mol. The molecule has 1 aromatic heterocycles. The molecule has 2 aromatic rings. The maximum Gasteiger partial charge on any atom is 0.234 e. The van der Waals surface area contributed by atoms with Gasteiger partial charge in [-0.15, -0.1) is 0 Å². The Balaban J connectivity index is 1.50. The van der Waals surface area contributed by atoms with Crippen LogP contribution in [0.25, 0.3) is 11.3 Å². The molecular formula is C19H23ClN2O2. The Hall–Kier alpha value is -1.78. The van der Waals surface area contributed by atoms with E-state index in [1.54, 1.807) is 0 Å². The van der Waals surface area contributed by atoms with Crippen LogP contribution in [-0.2, 0) is 11.3 Å². The first-order valence-electron chi connectivity index (χ1n) is 8.44. The van der Waals surface area contributed by atoms with Gasteiger partial charge in [-0.1, -0.05) is 18.5 Å². The van der Waals surface area contributed by atoms with Crippen LogP contribution in [-0.4, -0.2) is 30.4 Å². The van der Waals surface area contributed by atoms with Gasteiger partial charge in [-0.05, 0) is 61.7 Å². The van der Waals surface area contributed by atoms with Gasteiger partial charge < -0.3 is 9.73 Å². The Morgan fingerprint density at radius 3 is 2.83 bits per heavy atom. The van der Waals surface area contributed by atoms with Gasteiger partial charge in [-0.25, -0.2) is 0 Å². The molecule has 0 radical (unpaired) electrons. The Labute approximate surface area is 147 Å². The molecule has 24 heavy (non-hydrogen) atoms. The Morgan fingerprint density at radius 2 is 2.08 bits per heavy atom. The Morgan fingerprint density at radius 1 is 1.29 bits per heavy atom. The number of nitrogens with one attached hydrogen (secondary N) is 1. The van der Waals surface area contributed by atoms with Gasteiger partial charge in [0.25, 0.3) is 0 Å². The molecule has 1 aromatic carbocycles. The van der Waals surface area contributed by atoms with Crippen molar-refractivity contribution in [2.75, 3.05) is 19.6 Å². The zero-order chi connectivity index (χ0) is 16.9. The Bertz CT molecular complexity index is 681. The summed E-state index contributed by atoms with van der Waals surface area (Å²) in [5.74, 6) is 2.26. The number of halogens is 1. The molecular weight excluding hydrogens is 324 g/mol. The van der Waals surface area contributed by atoms with Crippen molar-refractivity contribution in [3.63, 3.8) is 0 Å². The molecule has 4 nitrogen and oxygen atoms in total. The van der Waals surface area contributed by atoms with Crippen LogP contribution in [0.4, 0.5) is 0 Å². The van der Waals surface area contributed by atoms with Crippen LogP contribution in [0, 0.1) is 5.92 Å². The van der Waals surface area contributed by atoms with Crippen molar-refractivity contribution in [3.05, 3.63) is 47.2 Å². The summed E-state index contributed by atoms with van der Waals surface area (Å²) in [6.07, 6.45) is 2.44. The van der Waals surface area contributed by atoms with E-state index in [-0.39, 0.29) is 5.91 Å². The molecule has 0 spiro atoms. The van der Waals surface area contributed by atoms with Gasteiger partial charge in [-0.3, -0.25) is 9.69 Å². The minimum atomic E-state index is 0.0496. The fraction of sp³-hybridized carbons (Fsp3) is 0.421. The van der Waals surface area contributed by atoms with E-state index in [0.717, 1.165) is 30.2 Å². The third-order valence-electron chi connectivity index (χ3n) is 4.36. The summed E-state index contributed by atoms with van der Waals surface area (Å²) in [6.45, 7) is 5.14. The second-order valence-electron chi connectivity index (χ2n) is 6.53. The number of carbonyl (C=O) groups is 1. The largest absolute Gasteiger partial charge is 0.459 e. The number of hydrogen-bond donors (Lipinski definition) is 1. The van der Waals surface area contributed by atoms with E-state index in [2.05, 4.69) is 17.1 Å². The lowest BCUT2D eigenvalue weighted by Gasteiger charge is -2.30. The first kappa shape index (κ1) is 17.1. The zero-order valence-electron chi connectivity index (χ0n) is 13.9. The summed E-state index contributed by atoms with van der Waals surface area (Å²) >= 11 is 5.90. The van der Waals surface area contributed by atoms with Crippen LogP contribution >= 0.6 is 11.6 Å². The molecule has 0 aliphatic carbocycles. The molecule has 1 saturated heterocycles. The topological polar surface area (TPSA) is 45.5 Å². The fourth-order valence-electron chi connectivity index (χ4n) is 3.12. The summed E-state index contributed by atoms with van der Waals surface area (Å²) in [7, 11) is 0. The summed E-state index contributed by atoms with van der Waals surface area (Å²) in [6, 6.07) is 11.3. The van der Waals surface area contributed by atoms with Crippen LogP contribution < -0.4 is 5.32 Å². The number of carbonyl (C=O) groups excluding carboxylic acids is 1. The van der Waals surface area contributed by atoms with Crippen LogP contribution in [0.2, 0.25) is 5.02 Å². The number of piperidine rings is 1. The molecule has 1 fully saturated rings. The highest BCUT2D eigenvalue weighted by Crippen LogP contribution is 2.23. The fourth-order valence-corrected chi connectivity index (χ4v) is 3.24. The molecule has 128 valence electrons. The molecule has 5 heteroatoms. The number of likely N-dealkylation sites (tertiary alicyclic amines) is 1. The van der Waals surface area contributed by atoms with Crippen molar-refractivity contribution in [1.82, 2.24) is 10.2 Å². The minimum Gasteiger partial charge on any atom is -0.459 e. The maximum atomic E-state index is 12.1. The highest BCUT2D eigenvalue weighted by Gasteiger charge is 2.18. The minimum absolute atomic E-state index is 0.0496. The molecule has 1 aliphatic rings. The number of hydrogen-bond acceptors (Lipinski definition) is 3. The molecule has 0 unspecified atom stereocenters. The number of nitrogens with zero attached hydrogens (tertiary/aromatic N) is 1. The molecule has 1 aliphatic heterocycles. The highest BCUT2D eigenvalue weighted by molar-refractivity contribution is 6.30. The van der Waals surface area contributed by atoms with Gasteiger partial charge in [-0.2, -0.15) is 0 Å². The van der Waals surface area contributed by atoms with Gasteiger partial charge in [0.05, 0.1) is 13.1 Å². The van der Waals surface area contributed by atoms with Crippen LogP contribution in [0.15, 0.2) is 40.8 Å². The van der Waals surface area contributed by atoms with Gasteiger partial charge in [0.1, 0.15) is 11.5 Å². The second-order valence-corrected chi connectivity index (χ2v) is 6.97.